The van der Waals surface area contributed by atoms with Crippen molar-refractivity contribution in [3.05, 3.63) is 29.8 Å². The van der Waals surface area contributed by atoms with Gasteiger partial charge in [0.25, 0.3) is 0 Å². The standard InChI is InChI=1S/C12H14O3Se/c1-9(13)7-8-16-12(14)10-3-5-11(15-2)6-4-10/h3-6H,7-8H2,1-2H3. The Morgan fingerprint density at radius 2 is 1.88 bits per heavy atom. The molecule has 0 saturated heterocycles. The molecule has 1 aromatic rings. The van der Waals surface area contributed by atoms with E-state index in [1.54, 1.807) is 38.3 Å². The molecule has 0 unspecified atom stereocenters. The number of methoxy groups -OCH3 is 1. The van der Waals surface area contributed by atoms with E-state index in [1.165, 1.54) is 0 Å². The summed E-state index contributed by atoms with van der Waals surface area (Å²) in [6.07, 6.45) is 0.502. The van der Waals surface area contributed by atoms with Gasteiger partial charge in [-0.05, 0) is 0 Å². The van der Waals surface area contributed by atoms with Crippen LogP contribution in [0.15, 0.2) is 24.3 Å². The fourth-order valence-electron chi connectivity index (χ4n) is 1.10. The number of benzene rings is 1. The van der Waals surface area contributed by atoms with Crippen molar-refractivity contribution in [2.24, 2.45) is 0 Å². The molecule has 0 fully saturated rings. The first-order valence-electron chi connectivity index (χ1n) is 4.94. The summed E-state index contributed by atoms with van der Waals surface area (Å²) in [5.41, 5.74) is 0.698. The van der Waals surface area contributed by atoms with Gasteiger partial charge in [0.15, 0.2) is 0 Å². The predicted molar refractivity (Wildman–Crippen MR) is 63.2 cm³/mol. The van der Waals surface area contributed by atoms with Gasteiger partial charge in [0.05, 0.1) is 0 Å². The van der Waals surface area contributed by atoms with Crippen molar-refractivity contribution in [2.45, 2.75) is 18.7 Å². The van der Waals surface area contributed by atoms with Gasteiger partial charge in [-0.2, -0.15) is 0 Å². The van der Waals surface area contributed by atoms with Gasteiger partial charge < -0.3 is 0 Å². The van der Waals surface area contributed by atoms with E-state index < -0.39 is 0 Å². The van der Waals surface area contributed by atoms with Gasteiger partial charge in [0.1, 0.15) is 0 Å². The molecule has 16 heavy (non-hydrogen) atoms. The van der Waals surface area contributed by atoms with Crippen LogP contribution in [0, 0.1) is 0 Å². The van der Waals surface area contributed by atoms with Crippen LogP contribution in [0.1, 0.15) is 23.7 Å². The molecule has 1 rings (SSSR count). The minimum atomic E-state index is -0.139. The van der Waals surface area contributed by atoms with Gasteiger partial charge in [0, 0.05) is 0 Å². The molecule has 0 bridgehead atoms. The van der Waals surface area contributed by atoms with Gasteiger partial charge in [-0.3, -0.25) is 0 Å². The quantitative estimate of drug-likeness (QED) is 0.750. The molecular weight excluding hydrogens is 271 g/mol. The third-order valence-corrected chi connectivity index (χ3v) is 3.91. The van der Waals surface area contributed by atoms with E-state index in [9.17, 15) is 9.59 Å². The Morgan fingerprint density at radius 3 is 2.38 bits per heavy atom. The van der Waals surface area contributed by atoms with E-state index in [4.69, 9.17) is 4.74 Å². The SMILES string of the molecule is COc1ccc(C(=O)[Se]CCC(C)=O)cc1. The van der Waals surface area contributed by atoms with Crippen LogP contribution < -0.4 is 4.74 Å². The van der Waals surface area contributed by atoms with E-state index in [2.05, 4.69) is 0 Å². The molecule has 0 aliphatic heterocycles. The average Bonchev–Trinajstić information content (AvgIpc) is 2.28. The maximum absolute atomic E-state index is 11.7. The molecular formula is C12H14O3Se. The van der Waals surface area contributed by atoms with Crippen LogP contribution in [0.4, 0.5) is 0 Å². The number of ether oxygens (including phenoxy) is 1. The topological polar surface area (TPSA) is 43.4 Å². The van der Waals surface area contributed by atoms with Crippen LogP contribution in [0.2, 0.25) is 5.32 Å². The number of ketones is 1. The molecule has 0 aliphatic rings. The molecule has 0 spiro atoms. The van der Waals surface area contributed by atoms with Crippen molar-refractivity contribution < 1.29 is 14.3 Å². The van der Waals surface area contributed by atoms with Crippen LogP contribution in [-0.2, 0) is 4.79 Å². The molecule has 0 radical (unpaired) electrons. The van der Waals surface area contributed by atoms with E-state index in [1.807, 2.05) is 0 Å². The summed E-state index contributed by atoms with van der Waals surface area (Å²) in [5, 5.41) is 0.688. The van der Waals surface area contributed by atoms with Crippen molar-refractivity contribution in [1.29, 1.82) is 0 Å². The Hall–Kier alpha value is -1.12. The predicted octanol–water partition coefficient (Wildman–Crippen LogP) is 1.94. The van der Waals surface area contributed by atoms with E-state index in [-0.39, 0.29) is 25.4 Å². The number of carbonyl (C=O) groups excluding carboxylic acids is 2. The van der Waals surface area contributed by atoms with Gasteiger partial charge in [-0.1, -0.05) is 0 Å². The summed E-state index contributed by atoms with van der Waals surface area (Å²) in [4.78, 5) is 22.4. The van der Waals surface area contributed by atoms with Gasteiger partial charge in [-0.15, -0.1) is 0 Å². The molecule has 0 aromatic heterocycles. The van der Waals surface area contributed by atoms with Crippen LogP contribution >= 0.6 is 0 Å². The van der Waals surface area contributed by atoms with Crippen molar-refractivity contribution in [2.75, 3.05) is 7.11 Å². The third kappa shape index (κ3) is 4.17. The Morgan fingerprint density at radius 1 is 1.25 bits per heavy atom. The Bertz CT molecular complexity index is 370. The molecule has 0 atom stereocenters. The zero-order valence-electron chi connectivity index (χ0n) is 9.36. The summed E-state index contributed by atoms with van der Waals surface area (Å²) in [6, 6.07) is 7.07. The molecule has 0 heterocycles. The molecule has 1 aromatic carbocycles. The summed E-state index contributed by atoms with van der Waals surface area (Å²) < 4.78 is 5.15. The molecule has 86 valence electrons. The number of Topliss-reactive ketones (excluding diaryl/α,β-unsaturated/α-hetero) is 1. The Labute approximate surface area is 101 Å². The summed E-state index contributed by atoms with van der Waals surface area (Å²) in [6.45, 7) is 1.55. The van der Waals surface area contributed by atoms with E-state index in [0.29, 0.717) is 17.3 Å². The van der Waals surface area contributed by atoms with Crippen LogP contribution in [0.5, 0.6) is 5.75 Å². The van der Waals surface area contributed by atoms with Crippen molar-refractivity contribution in [1.82, 2.24) is 0 Å². The van der Waals surface area contributed by atoms with Gasteiger partial charge >= 0.3 is 101 Å². The van der Waals surface area contributed by atoms with Crippen molar-refractivity contribution in [3.8, 4) is 5.75 Å². The second kappa shape index (κ2) is 6.46. The third-order valence-electron chi connectivity index (χ3n) is 2.01. The van der Waals surface area contributed by atoms with Crippen LogP contribution in [-0.4, -0.2) is 32.5 Å². The van der Waals surface area contributed by atoms with Crippen molar-refractivity contribution in [3.63, 3.8) is 0 Å². The van der Waals surface area contributed by atoms with Gasteiger partial charge in [-0.25, -0.2) is 0 Å². The molecule has 0 aliphatic carbocycles. The molecule has 0 amide bonds. The Kier molecular flexibility index (Phi) is 5.23. The number of hydrogen-bond donors (Lipinski definition) is 0. The normalized spacial score (nSPS) is 9.88. The van der Waals surface area contributed by atoms with Gasteiger partial charge in [0.2, 0.25) is 0 Å². The zero-order chi connectivity index (χ0) is 12.0. The molecule has 0 N–H and O–H groups in total. The number of carbonyl (C=O) groups is 2. The van der Waals surface area contributed by atoms with E-state index >= 15 is 0 Å². The molecule has 3 nitrogen and oxygen atoms in total. The second-order valence-corrected chi connectivity index (χ2v) is 5.56. The fourth-order valence-corrected chi connectivity index (χ4v) is 2.94. The first-order valence-corrected chi connectivity index (χ1v) is 7.01. The number of hydrogen-bond acceptors (Lipinski definition) is 3. The van der Waals surface area contributed by atoms with Crippen molar-refractivity contribution >= 4 is 25.4 Å². The van der Waals surface area contributed by atoms with Crippen LogP contribution in [0.25, 0.3) is 0 Å². The summed E-state index contributed by atoms with van der Waals surface area (Å²) >= 11 is -0.139. The van der Waals surface area contributed by atoms with E-state index in [0.717, 1.165) is 5.75 Å². The molecule has 0 saturated carbocycles. The Balaban J connectivity index is 2.49. The number of rotatable bonds is 6. The maximum atomic E-state index is 11.7. The zero-order valence-corrected chi connectivity index (χ0v) is 11.1. The van der Waals surface area contributed by atoms with Crippen LogP contribution in [0.3, 0.4) is 0 Å². The first-order chi connectivity index (χ1) is 7.63. The second-order valence-electron chi connectivity index (χ2n) is 3.32. The summed E-state index contributed by atoms with van der Waals surface area (Å²) in [7, 11) is 1.59. The minimum absolute atomic E-state index is 0.136. The average molecular weight is 285 g/mol. The fraction of sp³-hybridized carbons (Fsp3) is 0.333. The molecule has 4 heteroatoms. The summed E-state index contributed by atoms with van der Waals surface area (Å²) in [5.74, 6) is 0.886. The first kappa shape index (κ1) is 12.9. The monoisotopic (exact) mass is 286 g/mol.